The van der Waals surface area contributed by atoms with Crippen LogP contribution in [0.5, 0.6) is 0 Å². The van der Waals surface area contributed by atoms with Crippen LogP contribution in [0.3, 0.4) is 0 Å². The van der Waals surface area contributed by atoms with Crippen LogP contribution in [0.2, 0.25) is 0 Å². The Morgan fingerprint density at radius 1 is 1.21 bits per heavy atom. The monoisotopic (exact) mass is 406 g/mol. The normalized spacial score (nSPS) is 44.4. The van der Waals surface area contributed by atoms with Gasteiger partial charge >= 0.3 is 11.9 Å². The predicted molar refractivity (Wildman–Crippen MR) is 108 cm³/mol. The number of carbonyl (C=O) groups excluding carboxylic acids is 2. The van der Waals surface area contributed by atoms with Crippen LogP contribution in [0, 0.1) is 22.2 Å². The highest BCUT2D eigenvalue weighted by Gasteiger charge is 2.64. The number of esters is 2. The minimum absolute atomic E-state index is 0.269. The molecular formula is C23H34O6. The number of aliphatic hydroxyl groups is 2. The molecule has 0 aromatic heterocycles. The lowest BCUT2D eigenvalue weighted by Gasteiger charge is -2.60. The number of aliphatic hydroxyl groups excluding tert-OH is 2. The van der Waals surface area contributed by atoms with Crippen LogP contribution in [0.1, 0.15) is 59.8 Å². The van der Waals surface area contributed by atoms with E-state index in [9.17, 15) is 19.8 Å². The van der Waals surface area contributed by atoms with E-state index >= 15 is 0 Å². The van der Waals surface area contributed by atoms with Crippen molar-refractivity contribution in [2.24, 2.45) is 22.2 Å². The summed E-state index contributed by atoms with van der Waals surface area (Å²) in [6.45, 7) is 11.1. The Balaban J connectivity index is 2.20. The Labute approximate surface area is 173 Å². The number of methoxy groups -OCH3 is 1. The molecule has 6 heteroatoms. The first-order valence-corrected chi connectivity index (χ1v) is 10.4. The van der Waals surface area contributed by atoms with Gasteiger partial charge in [0.05, 0.1) is 24.7 Å². The summed E-state index contributed by atoms with van der Waals surface area (Å²) in [4.78, 5) is 24.7. The van der Waals surface area contributed by atoms with E-state index in [1.54, 1.807) is 6.08 Å². The minimum atomic E-state index is -0.863. The zero-order valence-corrected chi connectivity index (χ0v) is 18.2. The average Bonchev–Trinajstić information content (AvgIpc) is 2.67. The molecule has 162 valence electrons. The van der Waals surface area contributed by atoms with Gasteiger partial charge in [0.1, 0.15) is 6.10 Å². The van der Waals surface area contributed by atoms with Gasteiger partial charge in [-0.3, -0.25) is 9.59 Å². The zero-order valence-electron chi connectivity index (χ0n) is 18.2. The summed E-state index contributed by atoms with van der Waals surface area (Å²) in [5.74, 6) is -0.940. The zero-order chi connectivity index (χ0) is 21.8. The topological polar surface area (TPSA) is 93.1 Å². The van der Waals surface area contributed by atoms with Crippen molar-refractivity contribution in [1.29, 1.82) is 0 Å². The smallest absolute Gasteiger partial charge is 0.311 e. The summed E-state index contributed by atoms with van der Waals surface area (Å²) >= 11 is 0. The van der Waals surface area contributed by atoms with Crippen LogP contribution in [0.25, 0.3) is 0 Å². The molecule has 0 saturated heterocycles. The molecule has 2 N–H and O–H groups in total. The molecule has 7 atom stereocenters. The van der Waals surface area contributed by atoms with Crippen molar-refractivity contribution >= 4 is 11.9 Å². The van der Waals surface area contributed by atoms with Crippen molar-refractivity contribution < 1.29 is 29.3 Å². The maximum atomic E-state index is 12.8. The van der Waals surface area contributed by atoms with Gasteiger partial charge in [-0.05, 0) is 50.5 Å². The van der Waals surface area contributed by atoms with E-state index in [4.69, 9.17) is 9.47 Å². The second-order valence-electron chi connectivity index (χ2n) is 9.68. The van der Waals surface area contributed by atoms with Gasteiger partial charge in [-0.2, -0.15) is 0 Å². The maximum Gasteiger partial charge on any atom is 0.311 e. The molecule has 1 fully saturated rings. The maximum absolute atomic E-state index is 12.8. The highest BCUT2D eigenvalue weighted by molar-refractivity contribution is 5.77. The standard InChI is InChI=1S/C23H34O6/c1-7-21(3)10-8-14-18(19(21)26)15(25)12-16-22(4,20(27)28-6)11-9-17(23(14,16)5)29-13(2)24/h7,15-17,19,25-26H,1,8-12H2,2-6H3/t15-,16-,17+,19-,21+,22-,23-/m1/s1. The lowest BCUT2D eigenvalue weighted by molar-refractivity contribution is -0.184. The summed E-state index contributed by atoms with van der Waals surface area (Å²) in [6.07, 6.45) is 2.29. The van der Waals surface area contributed by atoms with E-state index in [1.165, 1.54) is 14.0 Å². The molecule has 1 saturated carbocycles. The van der Waals surface area contributed by atoms with Crippen LogP contribution >= 0.6 is 0 Å². The lowest BCUT2D eigenvalue weighted by Crippen LogP contribution is -2.61. The summed E-state index contributed by atoms with van der Waals surface area (Å²) in [6, 6.07) is 0. The fraction of sp³-hybridized carbons (Fsp3) is 0.739. The van der Waals surface area contributed by atoms with Gasteiger partial charge < -0.3 is 19.7 Å². The number of fused-ring (bicyclic) bond motifs is 2. The first-order chi connectivity index (χ1) is 13.5. The van der Waals surface area contributed by atoms with Gasteiger partial charge in [0.2, 0.25) is 0 Å². The molecule has 3 rings (SSSR count). The average molecular weight is 407 g/mol. The molecule has 3 aliphatic rings. The third-order valence-corrected chi connectivity index (χ3v) is 8.16. The first kappa shape index (κ1) is 22.0. The number of hydrogen-bond acceptors (Lipinski definition) is 6. The highest BCUT2D eigenvalue weighted by atomic mass is 16.5. The second-order valence-corrected chi connectivity index (χ2v) is 9.68. The fourth-order valence-corrected chi connectivity index (χ4v) is 6.28. The van der Waals surface area contributed by atoms with Crippen molar-refractivity contribution in [3.8, 4) is 0 Å². The Hall–Kier alpha value is -1.66. The van der Waals surface area contributed by atoms with Crippen molar-refractivity contribution in [2.45, 2.75) is 78.1 Å². The number of carbonyl (C=O) groups is 2. The van der Waals surface area contributed by atoms with Crippen LogP contribution in [0.15, 0.2) is 23.8 Å². The van der Waals surface area contributed by atoms with Gasteiger partial charge in [0.15, 0.2) is 0 Å². The van der Waals surface area contributed by atoms with E-state index in [1.807, 2.05) is 20.8 Å². The Kier molecular flexibility index (Phi) is 5.50. The van der Waals surface area contributed by atoms with Crippen LogP contribution in [-0.2, 0) is 19.1 Å². The summed E-state index contributed by atoms with van der Waals surface area (Å²) in [7, 11) is 1.38. The molecule has 0 heterocycles. The quantitative estimate of drug-likeness (QED) is 0.553. The third-order valence-electron chi connectivity index (χ3n) is 8.16. The predicted octanol–water partition coefficient (Wildman–Crippen LogP) is 2.92. The largest absolute Gasteiger partial charge is 0.469 e. The number of hydrogen-bond donors (Lipinski definition) is 2. The van der Waals surface area contributed by atoms with E-state index < -0.39 is 34.6 Å². The molecule has 0 aromatic carbocycles. The minimum Gasteiger partial charge on any atom is -0.469 e. The highest BCUT2D eigenvalue weighted by Crippen LogP contribution is 2.64. The Morgan fingerprint density at radius 2 is 1.86 bits per heavy atom. The van der Waals surface area contributed by atoms with Gasteiger partial charge in [-0.15, -0.1) is 6.58 Å². The van der Waals surface area contributed by atoms with Crippen molar-refractivity contribution in [3.05, 3.63) is 23.8 Å². The van der Waals surface area contributed by atoms with Gasteiger partial charge in [-0.1, -0.05) is 25.5 Å². The summed E-state index contributed by atoms with van der Waals surface area (Å²) < 4.78 is 10.9. The molecule has 0 amide bonds. The first-order valence-electron chi connectivity index (χ1n) is 10.4. The van der Waals surface area contributed by atoms with Crippen LogP contribution in [0.4, 0.5) is 0 Å². The van der Waals surface area contributed by atoms with Crippen molar-refractivity contribution in [1.82, 2.24) is 0 Å². The Bertz CT molecular complexity index is 756. The van der Waals surface area contributed by atoms with E-state index in [0.717, 1.165) is 5.57 Å². The Morgan fingerprint density at radius 3 is 2.41 bits per heavy atom. The molecule has 6 nitrogen and oxygen atoms in total. The number of ether oxygens (including phenoxy) is 2. The molecule has 0 spiro atoms. The van der Waals surface area contributed by atoms with Crippen molar-refractivity contribution in [2.75, 3.05) is 7.11 Å². The molecule has 0 unspecified atom stereocenters. The molecule has 0 aliphatic heterocycles. The van der Waals surface area contributed by atoms with E-state index in [-0.39, 0.29) is 17.9 Å². The van der Waals surface area contributed by atoms with Gasteiger partial charge in [0.25, 0.3) is 0 Å². The SMILES string of the molecule is C=C[C@@]1(C)CCC2=C([C@H](O)C[C@H]3[C@]2(C)[C@@H](OC(C)=O)CC[C@@]3(C)C(=O)OC)[C@H]1O. The van der Waals surface area contributed by atoms with Gasteiger partial charge in [0, 0.05) is 17.8 Å². The summed E-state index contributed by atoms with van der Waals surface area (Å²) in [5, 5.41) is 22.3. The van der Waals surface area contributed by atoms with Gasteiger partial charge in [-0.25, -0.2) is 0 Å². The molecule has 3 aliphatic carbocycles. The molecule has 29 heavy (non-hydrogen) atoms. The molecule has 0 bridgehead atoms. The fourth-order valence-electron chi connectivity index (χ4n) is 6.28. The lowest BCUT2D eigenvalue weighted by atomic mass is 9.45. The molecule has 0 radical (unpaired) electrons. The van der Waals surface area contributed by atoms with E-state index in [0.29, 0.717) is 37.7 Å². The van der Waals surface area contributed by atoms with E-state index in [2.05, 4.69) is 6.58 Å². The molecule has 0 aromatic rings. The number of rotatable bonds is 3. The van der Waals surface area contributed by atoms with Crippen molar-refractivity contribution in [3.63, 3.8) is 0 Å². The summed E-state index contributed by atoms with van der Waals surface area (Å²) in [5.41, 5.74) is -0.451. The second kappa shape index (κ2) is 7.24. The third kappa shape index (κ3) is 3.07. The van der Waals surface area contributed by atoms with Crippen LogP contribution in [-0.4, -0.2) is 47.6 Å². The van der Waals surface area contributed by atoms with Crippen LogP contribution < -0.4 is 0 Å². The molecular weight excluding hydrogens is 372 g/mol.